The van der Waals surface area contributed by atoms with E-state index in [2.05, 4.69) is 31.3 Å². The molecule has 1 amide bonds. The van der Waals surface area contributed by atoms with Crippen LogP contribution < -0.4 is 10.2 Å². The summed E-state index contributed by atoms with van der Waals surface area (Å²) in [5, 5.41) is 8.04. The van der Waals surface area contributed by atoms with Crippen molar-refractivity contribution in [3.8, 4) is 0 Å². The number of piperidine rings is 1. The Morgan fingerprint density at radius 2 is 1.89 bits per heavy atom. The number of halogens is 2. The van der Waals surface area contributed by atoms with Crippen LogP contribution >= 0.6 is 24.8 Å². The Bertz CT molecular complexity index is 729. The zero-order valence-corrected chi connectivity index (χ0v) is 17.4. The largest absolute Gasteiger partial charge is 0.338 e. The van der Waals surface area contributed by atoms with Crippen LogP contribution in [0.2, 0.25) is 0 Å². The minimum atomic E-state index is 0. The number of aromatic nitrogens is 4. The van der Waals surface area contributed by atoms with Gasteiger partial charge in [0.05, 0.1) is 5.69 Å². The predicted molar refractivity (Wildman–Crippen MR) is 112 cm³/mol. The maximum atomic E-state index is 12.6. The van der Waals surface area contributed by atoms with Gasteiger partial charge in [-0.1, -0.05) is 0 Å². The summed E-state index contributed by atoms with van der Waals surface area (Å²) in [6, 6.07) is 3.86. The summed E-state index contributed by atoms with van der Waals surface area (Å²) in [6.45, 7) is 5.28. The van der Waals surface area contributed by atoms with Crippen LogP contribution in [-0.4, -0.2) is 69.8 Å². The van der Waals surface area contributed by atoms with Crippen LogP contribution in [-0.2, 0) is 11.3 Å². The van der Waals surface area contributed by atoms with E-state index in [0.29, 0.717) is 25.6 Å². The van der Waals surface area contributed by atoms with E-state index in [-0.39, 0.29) is 30.7 Å². The lowest BCUT2D eigenvalue weighted by Crippen LogP contribution is -2.50. The highest BCUT2D eigenvalue weighted by molar-refractivity contribution is 5.85. The van der Waals surface area contributed by atoms with Crippen molar-refractivity contribution < 1.29 is 4.79 Å². The van der Waals surface area contributed by atoms with Gasteiger partial charge in [0.2, 0.25) is 11.9 Å². The van der Waals surface area contributed by atoms with E-state index >= 15 is 0 Å². The molecule has 2 aromatic rings. The summed E-state index contributed by atoms with van der Waals surface area (Å²) in [6.07, 6.45) is 7.78. The number of rotatable bonds is 4. The van der Waals surface area contributed by atoms with Crippen LogP contribution in [0.25, 0.3) is 0 Å². The molecule has 0 bridgehead atoms. The summed E-state index contributed by atoms with van der Waals surface area (Å²) in [4.78, 5) is 25.2. The van der Waals surface area contributed by atoms with Gasteiger partial charge < -0.3 is 15.1 Å². The maximum absolute atomic E-state index is 12.6. The van der Waals surface area contributed by atoms with Crippen molar-refractivity contribution >= 4 is 36.7 Å². The van der Waals surface area contributed by atoms with Crippen molar-refractivity contribution in [2.24, 2.45) is 0 Å². The fourth-order valence-corrected chi connectivity index (χ4v) is 3.64. The van der Waals surface area contributed by atoms with E-state index in [1.165, 1.54) is 12.8 Å². The Balaban J connectivity index is 0.00000140. The number of piperazine rings is 1. The quantitative estimate of drug-likeness (QED) is 0.792. The van der Waals surface area contributed by atoms with Crippen LogP contribution in [0.1, 0.15) is 24.5 Å². The van der Waals surface area contributed by atoms with Crippen molar-refractivity contribution in [1.29, 1.82) is 0 Å². The molecule has 2 aromatic heterocycles. The Kier molecular flexibility index (Phi) is 8.47. The topological polar surface area (TPSA) is 79.2 Å². The van der Waals surface area contributed by atoms with Crippen molar-refractivity contribution in [3.63, 3.8) is 0 Å². The number of anilines is 1. The van der Waals surface area contributed by atoms with E-state index in [4.69, 9.17) is 0 Å². The van der Waals surface area contributed by atoms with Gasteiger partial charge in [0.15, 0.2) is 0 Å². The van der Waals surface area contributed by atoms with E-state index in [0.717, 1.165) is 37.8 Å². The summed E-state index contributed by atoms with van der Waals surface area (Å²) < 4.78 is 1.78. The lowest BCUT2D eigenvalue weighted by molar-refractivity contribution is -0.132. The average Bonchev–Trinajstić information content (AvgIpc) is 3.18. The van der Waals surface area contributed by atoms with Gasteiger partial charge in [-0.25, -0.2) is 9.97 Å². The van der Waals surface area contributed by atoms with Crippen molar-refractivity contribution in [3.05, 3.63) is 36.4 Å². The smallest absolute Gasteiger partial charge is 0.244 e. The summed E-state index contributed by atoms with van der Waals surface area (Å²) >= 11 is 0. The summed E-state index contributed by atoms with van der Waals surface area (Å²) in [5.74, 6) is 1.32. The molecular weight excluding hydrogens is 401 g/mol. The third-order valence-corrected chi connectivity index (χ3v) is 5.14. The fraction of sp³-hybridized carbons (Fsp3) is 0.556. The first-order chi connectivity index (χ1) is 12.8. The third kappa shape index (κ3) is 5.33. The Morgan fingerprint density at radius 1 is 1.14 bits per heavy atom. The standard InChI is InChI=1S/C18H25N7O.2ClH/c26-17(14-25-8-4-16(22-25)15-3-1-5-19-13-15)23-9-11-24(12-10-23)18-20-6-2-7-21-18;;/h2,4,6-8,15,19H,1,3,5,9-14H2;2*1H. The van der Waals surface area contributed by atoms with Crippen LogP contribution in [0.5, 0.6) is 0 Å². The molecule has 4 heterocycles. The molecule has 0 spiro atoms. The van der Waals surface area contributed by atoms with Gasteiger partial charge in [0.25, 0.3) is 0 Å². The Hall–Kier alpha value is -1.90. The second-order valence-electron chi connectivity index (χ2n) is 6.90. The van der Waals surface area contributed by atoms with Crippen LogP contribution in [0.4, 0.5) is 5.95 Å². The van der Waals surface area contributed by atoms with Crippen LogP contribution in [0.15, 0.2) is 30.7 Å². The zero-order chi connectivity index (χ0) is 17.8. The second kappa shape index (κ2) is 10.6. The molecule has 1 atom stereocenters. The lowest BCUT2D eigenvalue weighted by atomic mass is 9.97. The number of nitrogens with one attached hydrogen (secondary N) is 1. The van der Waals surface area contributed by atoms with E-state index < -0.39 is 0 Å². The molecule has 8 nitrogen and oxygen atoms in total. The molecule has 2 fully saturated rings. The highest BCUT2D eigenvalue weighted by Crippen LogP contribution is 2.21. The van der Waals surface area contributed by atoms with Gasteiger partial charge in [0.1, 0.15) is 6.54 Å². The normalized spacial score (nSPS) is 19.5. The predicted octanol–water partition coefficient (Wildman–Crippen LogP) is 1.33. The number of hydrogen-bond donors (Lipinski definition) is 1. The Labute approximate surface area is 177 Å². The van der Waals surface area contributed by atoms with E-state index in [9.17, 15) is 4.79 Å². The zero-order valence-electron chi connectivity index (χ0n) is 15.7. The van der Waals surface area contributed by atoms with Gasteiger partial charge in [0, 0.05) is 57.2 Å². The third-order valence-electron chi connectivity index (χ3n) is 5.14. The first-order valence-electron chi connectivity index (χ1n) is 9.33. The highest BCUT2D eigenvalue weighted by Gasteiger charge is 2.23. The molecule has 1 N–H and O–H groups in total. The molecule has 0 saturated carbocycles. The molecule has 2 saturated heterocycles. The molecule has 0 radical (unpaired) electrons. The molecular formula is C18H27Cl2N7O. The summed E-state index contributed by atoms with van der Waals surface area (Å²) in [5.41, 5.74) is 1.09. The van der Waals surface area contributed by atoms with Crippen LogP contribution in [0, 0.1) is 0 Å². The fourth-order valence-electron chi connectivity index (χ4n) is 3.64. The second-order valence-corrected chi connectivity index (χ2v) is 6.90. The molecule has 0 aliphatic carbocycles. The maximum Gasteiger partial charge on any atom is 0.244 e. The Morgan fingerprint density at radius 3 is 2.57 bits per heavy atom. The van der Waals surface area contributed by atoms with Crippen molar-refractivity contribution in [1.82, 2.24) is 30.0 Å². The SMILES string of the molecule is Cl.Cl.O=C(Cn1ccc(C2CCCNC2)n1)N1CCN(c2ncccn2)CC1. The van der Waals surface area contributed by atoms with Gasteiger partial charge in [-0.05, 0) is 31.5 Å². The summed E-state index contributed by atoms with van der Waals surface area (Å²) in [7, 11) is 0. The van der Waals surface area contributed by atoms with Gasteiger partial charge in [-0.3, -0.25) is 9.48 Å². The first kappa shape index (κ1) is 22.4. The number of nitrogens with zero attached hydrogens (tertiary/aromatic N) is 6. The molecule has 28 heavy (non-hydrogen) atoms. The van der Waals surface area contributed by atoms with Gasteiger partial charge in [-0.15, -0.1) is 24.8 Å². The van der Waals surface area contributed by atoms with E-state index in [1.54, 1.807) is 17.1 Å². The number of carbonyl (C=O) groups excluding carboxylic acids is 1. The van der Waals surface area contributed by atoms with Crippen molar-refractivity contribution in [2.75, 3.05) is 44.2 Å². The monoisotopic (exact) mass is 427 g/mol. The number of hydrogen-bond acceptors (Lipinski definition) is 6. The number of carbonyl (C=O) groups is 1. The molecule has 2 aliphatic rings. The van der Waals surface area contributed by atoms with E-state index in [1.807, 2.05) is 17.2 Å². The van der Waals surface area contributed by atoms with Gasteiger partial charge in [-0.2, -0.15) is 5.10 Å². The van der Waals surface area contributed by atoms with Crippen LogP contribution in [0.3, 0.4) is 0 Å². The number of amides is 1. The van der Waals surface area contributed by atoms with Crippen molar-refractivity contribution in [2.45, 2.75) is 25.3 Å². The highest BCUT2D eigenvalue weighted by atomic mass is 35.5. The van der Waals surface area contributed by atoms with Gasteiger partial charge >= 0.3 is 0 Å². The average molecular weight is 428 g/mol. The lowest BCUT2D eigenvalue weighted by Gasteiger charge is -2.34. The molecule has 154 valence electrons. The molecule has 2 aliphatic heterocycles. The molecule has 1 unspecified atom stereocenters. The minimum Gasteiger partial charge on any atom is -0.338 e. The molecule has 4 rings (SSSR count). The molecule has 0 aromatic carbocycles. The first-order valence-corrected chi connectivity index (χ1v) is 9.33. The molecule has 10 heteroatoms. The minimum absolute atomic E-state index is 0.